The molecule has 0 aliphatic heterocycles. The van der Waals surface area contributed by atoms with E-state index in [9.17, 15) is 4.79 Å². The van der Waals surface area contributed by atoms with Crippen LogP contribution < -0.4 is 10.1 Å². The van der Waals surface area contributed by atoms with E-state index >= 15 is 0 Å². The zero-order chi connectivity index (χ0) is 19.4. The first-order valence-electron chi connectivity index (χ1n) is 8.84. The second kappa shape index (κ2) is 8.31. The van der Waals surface area contributed by atoms with E-state index in [0.29, 0.717) is 23.9 Å². The van der Waals surface area contributed by atoms with Gasteiger partial charge in [-0.2, -0.15) is 0 Å². The van der Waals surface area contributed by atoms with Gasteiger partial charge in [-0.15, -0.1) is 0 Å². The summed E-state index contributed by atoms with van der Waals surface area (Å²) in [6.07, 6.45) is 3.30. The Bertz CT molecular complexity index is 1000. The molecule has 0 spiro atoms. The predicted molar refractivity (Wildman–Crippen MR) is 109 cm³/mol. The molecule has 0 aliphatic rings. The number of rotatable bonds is 6. The van der Waals surface area contributed by atoms with Gasteiger partial charge < -0.3 is 14.5 Å². The van der Waals surface area contributed by atoms with Gasteiger partial charge in [-0.25, -0.2) is 0 Å². The van der Waals surface area contributed by atoms with Gasteiger partial charge in [0.2, 0.25) is 5.91 Å². The minimum Gasteiger partial charge on any atom is -0.493 e. The number of amides is 1. The Balaban J connectivity index is 1.83. The molecule has 0 bridgehead atoms. The number of carbonyl (C=O) groups excluding carboxylic acids is 1. The van der Waals surface area contributed by atoms with E-state index in [2.05, 4.69) is 5.32 Å². The first-order valence-corrected chi connectivity index (χ1v) is 9.22. The third-order valence-corrected chi connectivity index (χ3v) is 4.72. The lowest BCUT2D eigenvalue weighted by Crippen LogP contribution is -2.20. The van der Waals surface area contributed by atoms with Crippen molar-refractivity contribution in [2.24, 2.45) is 0 Å². The van der Waals surface area contributed by atoms with Crippen LogP contribution in [0.3, 0.4) is 0 Å². The number of benzene rings is 2. The Morgan fingerprint density at radius 2 is 2.07 bits per heavy atom. The van der Waals surface area contributed by atoms with Crippen molar-refractivity contribution >= 4 is 34.1 Å². The fourth-order valence-corrected chi connectivity index (χ4v) is 3.12. The maximum atomic E-state index is 12.4. The molecule has 0 saturated carbocycles. The minimum atomic E-state index is -0.182. The summed E-state index contributed by atoms with van der Waals surface area (Å²) in [6, 6.07) is 11.3. The first kappa shape index (κ1) is 19.1. The quantitative estimate of drug-likeness (QED) is 0.571. The SMILES string of the molecule is CCOc1cc2occ(C)c2cc1/C(C)=C/C(=O)NCc1ccccc1Cl. The number of hydrogen-bond donors (Lipinski definition) is 1. The zero-order valence-electron chi connectivity index (χ0n) is 15.6. The molecule has 1 heterocycles. The summed E-state index contributed by atoms with van der Waals surface area (Å²) in [5.74, 6) is 0.519. The molecule has 1 N–H and O–H groups in total. The minimum absolute atomic E-state index is 0.182. The molecule has 1 amide bonds. The van der Waals surface area contributed by atoms with E-state index < -0.39 is 0 Å². The Kier molecular flexibility index (Phi) is 5.87. The predicted octanol–water partition coefficient (Wildman–Crippen LogP) is 5.51. The monoisotopic (exact) mass is 383 g/mol. The molecule has 2 aromatic carbocycles. The van der Waals surface area contributed by atoms with Crippen molar-refractivity contribution < 1.29 is 13.9 Å². The van der Waals surface area contributed by atoms with Gasteiger partial charge >= 0.3 is 0 Å². The number of ether oxygens (including phenoxy) is 1. The van der Waals surface area contributed by atoms with Crippen LogP contribution in [0.15, 0.2) is 53.2 Å². The van der Waals surface area contributed by atoms with Gasteiger partial charge in [0, 0.05) is 34.7 Å². The van der Waals surface area contributed by atoms with Crippen molar-refractivity contribution in [1.82, 2.24) is 5.32 Å². The molecule has 1 aromatic heterocycles. The van der Waals surface area contributed by atoms with Gasteiger partial charge in [0.05, 0.1) is 12.9 Å². The lowest BCUT2D eigenvalue weighted by atomic mass is 10.0. The Morgan fingerprint density at radius 3 is 2.81 bits per heavy atom. The van der Waals surface area contributed by atoms with Crippen LogP contribution in [-0.2, 0) is 11.3 Å². The molecule has 0 atom stereocenters. The van der Waals surface area contributed by atoms with Crippen LogP contribution >= 0.6 is 11.6 Å². The third kappa shape index (κ3) is 4.34. The van der Waals surface area contributed by atoms with Crippen LogP contribution in [0.2, 0.25) is 5.02 Å². The summed E-state index contributed by atoms with van der Waals surface area (Å²) < 4.78 is 11.3. The van der Waals surface area contributed by atoms with E-state index in [0.717, 1.165) is 33.2 Å². The maximum Gasteiger partial charge on any atom is 0.244 e. The van der Waals surface area contributed by atoms with Crippen LogP contribution in [0, 0.1) is 6.92 Å². The molecular weight excluding hydrogens is 362 g/mol. The molecule has 3 aromatic rings. The Hall–Kier alpha value is -2.72. The number of nitrogens with one attached hydrogen (secondary N) is 1. The average Bonchev–Trinajstić information content (AvgIpc) is 3.01. The third-order valence-electron chi connectivity index (χ3n) is 4.35. The van der Waals surface area contributed by atoms with Crippen LogP contribution in [0.4, 0.5) is 0 Å². The molecule has 0 radical (unpaired) electrons. The highest BCUT2D eigenvalue weighted by atomic mass is 35.5. The van der Waals surface area contributed by atoms with Gasteiger partial charge in [0.25, 0.3) is 0 Å². The summed E-state index contributed by atoms with van der Waals surface area (Å²) in [5, 5.41) is 4.53. The van der Waals surface area contributed by atoms with Gasteiger partial charge in [0.1, 0.15) is 11.3 Å². The van der Waals surface area contributed by atoms with Gasteiger partial charge in [-0.05, 0) is 49.6 Å². The van der Waals surface area contributed by atoms with Gasteiger partial charge in [-0.1, -0.05) is 29.8 Å². The lowest BCUT2D eigenvalue weighted by Gasteiger charge is -2.11. The van der Waals surface area contributed by atoms with Crippen LogP contribution in [-0.4, -0.2) is 12.5 Å². The maximum absolute atomic E-state index is 12.4. The number of aryl methyl sites for hydroxylation is 1. The fraction of sp³-hybridized carbons (Fsp3) is 0.227. The Labute approximate surface area is 163 Å². The highest BCUT2D eigenvalue weighted by molar-refractivity contribution is 6.31. The Morgan fingerprint density at radius 1 is 1.30 bits per heavy atom. The summed E-state index contributed by atoms with van der Waals surface area (Å²) in [7, 11) is 0. The van der Waals surface area contributed by atoms with Crippen molar-refractivity contribution in [2.45, 2.75) is 27.3 Å². The summed E-state index contributed by atoms with van der Waals surface area (Å²) in [6.45, 7) is 6.72. The molecule has 0 unspecified atom stereocenters. The summed E-state index contributed by atoms with van der Waals surface area (Å²) in [5.41, 5.74) is 4.39. The zero-order valence-corrected chi connectivity index (χ0v) is 16.4. The van der Waals surface area contributed by atoms with E-state index in [1.165, 1.54) is 0 Å². The van der Waals surface area contributed by atoms with Crippen LogP contribution in [0.25, 0.3) is 16.5 Å². The smallest absolute Gasteiger partial charge is 0.244 e. The number of furan rings is 1. The van der Waals surface area contributed by atoms with E-state index in [1.807, 2.05) is 51.1 Å². The molecule has 0 aliphatic carbocycles. The number of fused-ring (bicyclic) bond motifs is 1. The standard InChI is InChI=1S/C22H22ClNO3/c1-4-26-20-11-21-18(15(3)13-27-21)10-17(20)14(2)9-22(25)24-12-16-7-5-6-8-19(16)23/h5-11,13H,4,12H2,1-3H3,(H,24,25)/b14-9+. The average molecular weight is 384 g/mol. The lowest BCUT2D eigenvalue weighted by molar-refractivity contribution is -0.116. The van der Waals surface area contributed by atoms with E-state index in [1.54, 1.807) is 18.4 Å². The summed E-state index contributed by atoms with van der Waals surface area (Å²) >= 11 is 6.13. The van der Waals surface area contributed by atoms with Crippen molar-refractivity contribution in [1.29, 1.82) is 0 Å². The fourth-order valence-electron chi connectivity index (χ4n) is 2.91. The second-order valence-electron chi connectivity index (χ2n) is 6.33. The van der Waals surface area contributed by atoms with Gasteiger partial charge in [0.15, 0.2) is 0 Å². The van der Waals surface area contributed by atoms with Crippen molar-refractivity contribution in [3.8, 4) is 5.75 Å². The topological polar surface area (TPSA) is 51.5 Å². The van der Waals surface area contributed by atoms with E-state index in [4.69, 9.17) is 20.8 Å². The molecule has 5 heteroatoms. The number of allylic oxidation sites excluding steroid dienone is 1. The van der Waals surface area contributed by atoms with Crippen LogP contribution in [0.1, 0.15) is 30.5 Å². The highest BCUT2D eigenvalue weighted by Gasteiger charge is 2.13. The number of halogens is 1. The molecule has 0 fully saturated rings. The van der Waals surface area contributed by atoms with Crippen molar-refractivity contribution in [3.05, 3.63) is 70.5 Å². The largest absolute Gasteiger partial charge is 0.493 e. The molecule has 0 saturated heterocycles. The molecule has 3 rings (SSSR count). The number of hydrogen-bond acceptors (Lipinski definition) is 3. The normalized spacial score (nSPS) is 11.6. The molecule has 140 valence electrons. The number of carbonyl (C=O) groups is 1. The van der Waals surface area contributed by atoms with E-state index in [-0.39, 0.29) is 5.91 Å². The van der Waals surface area contributed by atoms with Crippen LogP contribution in [0.5, 0.6) is 5.75 Å². The van der Waals surface area contributed by atoms with Crippen molar-refractivity contribution in [3.63, 3.8) is 0 Å². The first-order chi connectivity index (χ1) is 13.0. The summed E-state index contributed by atoms with van der Waals surface area (Å²) in [4.78, 5) is 12.4. The molecule has 4 nitrogen and oxygen atoms in total. The van der Waals surface area contributed by atoms with Gasteiger partial charge in [-0.3, -0.25) is 4.79 Å². The second-order valence-corrected chi connectivity index (χ2v) is 6.74. The van der Waals surface area contributed by atoms with Crippen molar-refractivity contribution in [2.75, 3.05) is 6.61 Å². The molecule has 27 heavy (non-hydrogen) atoms. The molecular formula is C22H22ClNO3. The highest BCUT2D eigenvalue weighted by Crippen LogP contribution is 2.33.